The molecule has 236 valence electrons. The normalized spacial score (nSPS) is 11.9. The Kier molecular flexibility index (Phi) is 9.47. The summed E-state index contributed by atoms with van der Waals surface area (Å²) in [5.74, 6) is 0.905. The summed E-state index contributed by atoms with van der Waals surface area (Å²) in [7, 11) is 4.44. The van der Waals surface area contributed by atoms with Crippen molar-refractivity contribution in [3.05, 3.63) is 70.8 Å². The Morgan fingerprint density at radius 2 is 1.50 bits per heavy atom. The zero-order valence-corrected chi connectivity index (χ0v) is 23.8. The Morgan fingerprint density at radius 1 is 0.886 bits per heavy atom. The molecular weight excluding hydrogens is 596 g/mol. The second kappa shape index (κ2) is 12.9. The molecule has 0 bridgehead atoms. The van der Waals surface area contributed by atoms with Crippen molar-refractivity contribution >= 4 is 28.6 Å². The summed E-state index contributed by atoms with van der Waals surface area (Å²) >= 11 is 0. The van der Waals surface area contributed by atoms with Crippen LogP contribution >= 0.6 is 0 Å². The number of aromatic nitrogens is 2. The van der Waals surface area contributed by atoms with Crippen molar-refractivity contribution in [2.75, 3.05) is 33.2 Å². The van der Waals surface area contributed by atoms with Gasteiger partial charge >= 0.3 is 12.4 Å². The number of nitrogens with one attached hydrogen (secondary N) is 2. The third kappa shape index (κ3) is 7.10. The van der Waals surface area contributed by atoms with Crippen molar-refractivity contribution in [1.29, 1.82) is 0 Å². The molecule has 44 heavy (non-hydrogen) atoms. The number of methoxy groups -OCH3 is 3. The Morgan fingerprint density at radius 3 is 2.02 bits per heavy atom. The summed E-state index contributed by atoms with van der Waals surface area (Å²) in [6.07, 6.45) is -9.44. The van der Waals surface area contributed by atoms with Gasteiger partial charge in [0.1, 0.15) is 0 Å². The van der Waals surface area contributed by atoms with Gasteiger partial charge in [0.25, 0.3) is 5.91 Å². The van der Waals surface area contributed by atoms with Crippen molar-refractivity contribution in [2.45, 2.75) is 31.9 Å². The maximum atomic E-state index is 13.2. The highest BCUT2D eigenvalue weighted by Gasteiger charge is 2.37. The molecule has 0 saturated heterocycles. The van der Waals surface area contributed by atoms with E-state index in [4.69, 9.17) is 19.9 Å². The van der Waals surface area contributed by atoms with Gasteiger partial charge in [-0.2, -0.15) is 26.3 Å². The number of ether oxygens (including phenoxy) is 3. The van der Waals surface area contributed by atoms with Crippen LogP contribution in [0.25, 0.3) is 11.0 Å². The number of aryl methyl sites for hydroxylation is 1. The van der Waals surface area contributed by atoms with E-state index < -0.39 is 35.9 Å². The minimum atomic E-state index is -5.00. The Balaban J connectivity index is 1.64. The molecule has 1 heterocycles. The third-order valence-electron chi connectivity index (χ3n) is 6.62. The van der Waals surface area contributed by atoms with Crippen LogP contribution in [-0.4, -0.2) is 43.3 Å². The fourth-order valence-corrected chi connectivity index (χ4v) is 4.52. The average Bonchev–Trinajstić information content (AvgIpc) is 3.32. The first-order valence-corrected chi connectivity index (χ1v) is 13.1. The van der Waals surface area contributed by atoms with Gasteiger partial charge in [0.05, 0.1) is 43.5 Å². The lowest BCUT2D eigenvalue weighted by Crippen LogP contribution is -2.23. The second-order valence-corrected chi connectivity index (χ2v) is 9.57. The van der Waals surface area contributed by atoms with E-state index in [9.17, 15) is 31.1 Å². The summed E-state index contributed by atoms with van der Waals surface area (Å²) in [6.45, 7) is 0.208. The fraction of sp³-hybridized carbons (Fsp3) is 0.310. The number of carbonyl (C=O) groups is 1. The standard InChI is InChI=1S/C29H29F6N5O4/c1-42-23-13-20(14-24(43-2)25(23)44-3)38-27-39-21-6-5-17(11-22(21)40(27)8-4-7-36)26(41)37-15-16-9-18(28(30,31)32)12-19(10-16)29(33,34)35/h5-6,9-14H,4,7-8,15,36H2,1-3H3,(H,37,41)(H,38,39). The first-order chi connectivity index (χ1) is 20.8. The number of alkyl halides is 6. The Hall–Kier alpha value is -4.66. The van der Waals surface area contributed by atoms with E-state index in [0.717, 1.165) is 0 Å². The van der Waals surface area contributed by atoms with Crippen molar-refractivity contribution in [3.63, 3.8) is 0 Å². The van der Waals surface area contributed by atoms with Crippen molar-refractivity contribution in [3.8, 4) is 17.2 Å². The van der Waals surface area contributed by atoms with Gasteiger partial charge in [-0.1, -0.05) is 0 Å². The van der Waals surface area contributed by atoms with Crippen LogP contribution in [0.4, 0.5) is 38.0 Å². The zero-order chi connectivity index (χ0) is 32.2. The van der Waals surface area contributed by atoms with E-state index in [-0.39, 0.29) is 17.2 Å². The summed E-state index contributed by atoms with van der Waals surface area (Å²) in [5.41, 5.74) is 4.19. The predicted octanol–water partition coefficient (Wildman–Crippen LogP) is 6.12. The maximum absolute atomic E-state index is 13.2. The molecule has 0 aliphatic rings. The van der Waals surface area contributed by atoms with E-state index in [2.05, 4.69) is 15.6 Å². The van der Waals surface area contributed by atoms with Gasteiger partial charge in [0.2, 0.25) is 11.7 Å². The summed E-state index contributed by atoms with van der Waals surface area (Å²) in [5, 5.41) is 5.62. The molecule has 0 aliphatic carbocycles. The van der Waals surface area contributed by atoms with Gasteiger partial charge in [0, 0.05) is 36.5 Å². The van der Waals surface area contributed by atoms with Crippen LogP contribution in [-0.2, 0) is 25.4 Å². The van der Waals surface area contributed by atoms with Crippen LogP contribution in [0.5, 0.6) is 17.2 Å². The number of nitrogens with zero attached hydrogens (tertiary/aromatic N) is 2. The second-order valence-electron chi connectivity index (χ2n) is 9.57. The molecule has 0 unspecified atom stereocenters. The molecule has 0 radical (unpaired) electrons. The highest BCUT2D eigenvalue weighted by molar-refractivity contribution is 5.97. The molecule has 0 aliphatic heterocycles. The van der Waals surface area contributed by atoms with E-state index in [0.29, 0.717) is 71.6 Å². The van der Waals surface area contributed by atoms with Crippen molar-refractivity contribution in [1.82, 2.24) is 14.9 Å². The topological polar surface area (TPSA) is 113 Å². The lowest BCUT2D eigenvalue weighted by molar-refractivity contribution is -0.143. The molecule has 3 aromatic carbocycles. The molecule has 4 N–H and O–H groups in total. The molecule has 4 rings (SSSR count). The van der Waals surface area contributed by atoms with Crippen LogP contribution in [0, 0.1) is 0 Å². The van der Waals surface area contributed by atoms with Crippen LogP contribution in [0.2, 0.25) is 0 Å². The molecule has 0 saturated carbocycles. The smallest absolute Gasteiger partial charge is 0.416 e. The SMILES string of the molecule is COc1cc(Nc2nc3ccc(C(=O)NCc4cc(C(F)(F)F)cc(C(F)(F)F)c4)cc3n2CCCN)cc(OC)c1OC. The predicted molar refractivity (Wildman–Crippen MR) is 150 cm³/mol. The van der Waals surface area contributed by atoms with E-state index >= 15 is 0 Å². The number of carbonyl (C=O) groups excluding carboxylic acids is 1. The third-order valence-corrected chi connectivity index (χ3v) is 6.62. The van der Waals surface area contributed by atoms with Crippen LogP contribution in [0.15, 0.2) is 48.5 Å². The van der Waals surface area contributed by atoms with E-state index in [1.165, 1.54) is 33.5 Å². The van der Waals surface area contributed by atoms with Crippen LogP contribution < -0.4 is 30.6 Å². The Labute approximate surface area is 247 Å². The maximum Gasteiger partial charge on any atom is 0.416 e. The molecule has 1 aromatic heterocycles. The number of halogens is 6. The molecule has 1 amide bonds. The minimum absolute atomic E-state index is 0.0332. The lowest BCUT2D eigenvalue weighted by Gasteiger charge is -2.16. The van der Waals surface area contributed by atoms with Crippen LogP contribution in [0.1, 0.15) is 33.5 Å². The molecule has 15 heteroatoms. The number of fused-ring (bicyclic) bond motifs is 1. The number of imidazole rings is 1. The number of hydrogen-bond acceptors (Lipinski definition) is 7. The van der Waals surface area contributed by atoms with Crippen molar-refractivity contribution < 1.29 is 45.3 Å². The summed E-state index contributed by atoms with van der Waals surface area (Å²) < 4.78 is 97.4. The van der Waals surface area contributed by atoms with Crippen LogP contribution in [0.3, 0.4) is 0 Å². The largest absolute Gasteiger partial charge is 0.493 e. The highest BCUT2D eigenvalue weighted by atomic mass is 19.4. The average molecular weight is 626 g/mol. The lowest BCUT2D eigenvalue weighted by atomic mass is 10.0. The summed E-state index contributed by atoms with van der Waals surface area (Å²) in [6, 6.07) is 9.11. The quantitative estimate of drug-likeness (QED) is 0.172. The number of amides is 1. The number of hydrogen-bond donors (Lipinski definition) is 3. The van der Waals surface area contributed by atoms with E-state index in [1.54, 1.807) is 22.8 Å². The molecule has 0 fully saturated rings. The first kappa shape index (κ1) is 32.3. The summed E-state index contributed by atoms with van der Waals surface area (Å²) in [4.78, 5) is 17.6. The first-order valence-electron chi connectivity index (χ1n) is 13.1. The van der Waals surface area contributed by atoms with Gasteiger partial charge in [-0.3, -0.25) is 4.79 Å². The van der Waals surface area contributed by atoms with Gasteiger partial charge in [-0.05, 0) is 54.9 Å². The zero-order valence-electron chi connectivity index (χ0n) is 23.8. The molecular formula is C29H29F6N5O4. The van der Waals surface area contributed by atoms with Gasteiger partial charge < -0.3 is 35.1 Å². The number of anilines is 2. The number of benzene rings is 3. The molecule has 4 aromatic rings. The number of nitrogens with two attached hydrogens (primary N) is 1. The minimum Gasteiger partial charge on any atom is -0.493 e. The van der Waals surface area contributed by atoms with Crippen molar-refractivity contribution in [2.24, 2.45) is 5.73 Å². The highest BCUT2D eigenvalue weighted by Crippen LogP contribution is 2.41. The fourth-order valence-electron chi connectivity index (χ4n) is 4.52. The molecule has 0 spiro atoms. The number of rotatable bonds is 11. The van der Waals surface area contributed by atoms with Gasteiger partial charge in [-0.25, -0.2) is 4.98 Å². The molecule has 9 nitrogen and oxygen atoms in total. The van der Waals surface area contributed by atoms with Gasteiger partial charge in [-0.15, -0.1) is 0 Å². The van der Waals surface area contributed by atoms with Gasteiger partial charge in [0.15, 0.2) is 11.5 Å². The Bertz CT molecular complexity index is 1590. The monoisotopic (exact) mass is 625 g/mol. The van der Waals surface area contributed by atoms with E-state index in [1.807, 2.05) is 0 Å². The molecule has 0 atom stereocenters.